The molecule has 3 heterocycles. The molecule has 6 heteroatoms. The Labute approximate surface area is 162 Å². The summed E-state index contributed by atoms with van der Waals surface area (Å²) >= 11 is 0. The number of hydrogen-bond donors (Lipinski definition) is 1. The molecule has 2 aliphatic carbocycles. The van der Waals surface area contributed by atoms with Crippen LogP contribution in [0, 0.1) is 23.7 Å². The fourth-order valence-corrected chi connectivity index (χ4v) is 7.51. The van der Waals surface area contributed by atoms with Gasteiger partial charge >= 0.3 is 0 Å². The number of rotatable bonds is 3. The number of methoxy groups -OCH3 is 3. The number of quaternary nitrogens is 1. The van der Waals surface area contributed by atoms with E-state index in [9.17, 15) is 0 Å². The molecule has 2 saturated carbocycles. The Kier molecular flexibility index (Phi) is 5.24. The molecular formula is C21H36NO5+. The highest BCUT2D eigenvalue weighted by atomic mass is 16.7. The van der Waals surface area contributed by atoms with Crippen molar-refractivity contribution in [2.75, 3.05) is 41.2 Å². The van der Waals surface area contributed by atoms with Gasteiger partial charge in [0.05, 0.1) is 43.5 Å². The quantitative estimate of drug-likeness (QED) is 0.770. The van der Waals surface area contributed by atoms with Crippen LogP contribution in [0.4, 0.5) is 0 Å². The standard InChI is InChI=1S/C21H35NO5/c1-23-16-5-4-12-8-15-18-13(6-7-22(15)10-14(12)19(16)24-2)9-17-20(21(18)25-3)27-11-26-17/h12-21H,4-11H2,1-3H3/p+1. The number of nitrogens with one attached hydrogen (secondary N) is 1. The summed E-state index contributed by atoms with van der Waals surface area (Å²) in [6, 6.07) is 0.691. The van der Waals surface area contributed by atoms with Gasteiger partial charge in [0, 0.05) is 46.0 Å². The van der Waals surface area contributed by atoms with E-state index < -0.39 is 0 Å². The Morgan fingerprint density at radius 3 is 2.48 bits per heavy atom. The minimum atomic E-state index is 0.129. The maximum Gasteiger partial charge on any atom is 0.147 e. The molecule has 154 valence electrons. The topological polar surface area (TPSA) is 50.6 Å². The molecule has 5 rings (SSSR count). The van der Waals surface area contributed by atoms with E-state index in [0.29, 0.717) is 24.7 Å². The first-order chi connectivity index (χ1) is 13.2. The largest absolute Gasteiger partial charge is 0.379 e. The summed E-state index contributed by atoms with van der Waals surface area (Å²) in [5, 5.41) is 0. The smallest absolute Gasteiger partial charge is 0.147 e. The predicted octanol–water partition coefficient (Wildman–Crippen LogP) is 0.496. The lowest BCUT2D eigenvalue weighted by atomic mass is 9.61. The maximum atomic E-state index is 6.07. The van der Waals surface area contributed by atoms with Crippen LogP contribution >= 0.6 is 0 Å². The first-order valence-corrected chi connectivity index (χ1v) is 10.9. The highest BCUT2D eigenvalue weighted by Gasteiger charge is 2.59. The van der Waals surface area contributed by atoms with E-state index in [1.54, 1.807) is 4.90 Å². The van der Waals surface area contributed by atoms with E-state index >= 15 is 0 Å². The molecule has 3 aliphatic heterocycles. The number of fused-ring (bicyclic) bond motifs is 5. The van der Waals surface area contributed by atoms with Crippen LogP contribution in [0.3, 0.4) is 0 Å². The Morgan fingerprint density at radius 2 is 1.70 bits per heavy atom. The van der Waals surface area contributed by atoms with Crippen LogP contribution in [0.25, 0.3) is 0 Å². The monoisotopic (exact) mass is 382 g/mol. The minimum absolute atomic E-state index is 0.129. The molecular weight excluding hydrogens is 346 g/mol. The second-order valence-corrected chi connectivity index (χ2v) is 9.45. The van der Waals surface area contributed by atoms with Gasteiger partial charge in [-0.2, -0.15) is 0 Å². The molecule has 1 N–H and O–H groups in total. The van der Waals surface area contributed by atoms with Gasteiger partial charge in [-0.3, -0.25) is 0 Å². The summed E-state index contributed by atoms with van der Waals surface area (Å²) in [6.45, 7) is 2.94. The first kappa shape index (κ1) is 18.8. The lowest BCUT2D eigenvalue weighted by Crippen LogP contribution is -3.20. The van der Waals surface area contributed by atoms with E-state index in [1.807, 2.05) is 21.3 Å². The summed E-state index contributed by atoms with van der Waals surface area (Å²) in [6.07, 6.45) is 7.20. The average molecular weight is 383 g/mol. The zero-order valence-corrected chi connectivity index (χ0v) is 17.0. The third kappa shape index (κ3) is 2.99. The van der Waals surface area contributed by atoms with Crippen LogP contribution in [0.1, 0.15) is 32.1 Å². The van der Waals surface area contributed by atoms with Crippen molar-refractivity contribution in [3.8, 4) is 0 Å². The molecule has 0 aromatic rings. The highest BCUT2D eigenvalue weighted by molar-refractivity contribution is 5.02. The van der Waals surface area contributed by atoms with Crippen molar-refractivity contribution in [1.82, 2.24) is 0 Å². The van der Waals surface area contributed by atoms with Crippen molar-refractivity contribution in [3.05, 3.63) is 0 Å². The third-order valence-electron chi connectivity index (χ3n) is 8.63. The third-order valence-corrected chi connectivity index (χ3v) is 8.63. The molecule has 11 atom stereocenters. The molecule has 0 amide bonds. The van der Waals surface area contributed by atoms with Crippen LogP contribution in [0.2, 0.25) is 0 Å². The van der Waals surface area contributed by atoms with Crippen molar-refractivity contribution < 1.29 is 28.6 Å². The molecule has 3 saturated heterocycles. The Hall–Kier alpha value is -0.240. The van der Waals surface area contributed by atoms with Crippen molar-refractivity contribution in [2.45, 2.75) is 68.7 Å². The van der Waals surface area contributed by atoms with Gasteiger partial charge < -0.3 is 28.6 Å². The first-order valence-electron chi connectivity index (χ1n) is 10.9. The number of hydrogen-bond acceptors (Lipinski definition) is 5. The van der Waals surface area contributed by atoms with Crippen LogP contribution in [0.15, 0.2) is 0 Å². The second-order valence-electron chi connectivity index (χ2n) is 9.45. The average Bonchev–Trinajstić information content (AvgIpc) is 3.17. The predicted molar refractivity (Wildman–Crippen MR) is 98.5 cm³/mol. The molecule has 11 unspecified atom stereocenters. The van der Waals surface area contributed by atoms with E-state index in [0.717, 1.165) is 24.7 Å². The van der Waals surface area contributed by atoms with Gasteiger partial charge in [0.2, 0.25) is 0 Å². The number of piperidine rings is 2. The molecule has 27 heavy (non-hydrogen) atoms. The van der Waals surface area contributed by atoms with Gasteiger partial charge in [-0.25, -0.2) is 0 Å². The van der Waals surface area contributed by atoms with Gasteiger partial charge in [0.1, 0.15) is 12.9 Å². The minimum Gasteiger partial charge on any atom is -0.379 e. The molecule has 0 aromatic heterocycles. The van der Waals surface area contributed by atoms with Gasteiger partial charge in [-0.1, -0.05) is 0 Å². The van der Waals surface area contributed by atoms with Crippen LogP contribution < -0.4 is 4.90 Å². The Bertz CT molecular complexity index is 533. The summed E-state index contributed by atoms with van der Waals surface area (Å²) in [5.41, 5.74) is 0. The lowest BCUT2D eigenvalue weighted by Gasteiger charge is -2.56. The zero-order chi connectivity index (χ0) is 18.5. The molecule has 0 radical (unpaired) electrons. The number of ether oxygens (including phenoxy) is 5. The molecule has 6 nitrogen and oxygen atoms in total. The van der Waals surface area contributed by atoms with Gasteiger partial charge in [-0.05, 0) is 31.1 Å². The highest BCUT2D eigenvalue weighted by Crippen LogP contribution is 2.46. The summed E-state index contributed by atoms with van der Waals surface area (Å²) in [5.74, 6) is 2.70. The van der Waals surface area contributed by atoms with Crippen LogP contribution in [-0.2, 0) is 23.7 Å². The fourth-order valence-electron chi connectivity index (χ4n) is 7.51. The van der Waals surface area contributed by atoms with Crippen molar-refractivity contribution >= 4 is 0 Å². The van der Waals surface area contributed by atoms with Crippen molar-refractivity contribution in [2.24, 2.45) is 23.7 Å². The van der Waals surface area contributed by atoms with Gasteiger partial charge in [0.15, 0.2) is 0 Å². The van der Waals surface area contributed by atoms with E-state index in [1.165, 1.54) is 32.4 Å². The maximum absolute atomic E-state index is 6.07. The van der Waals surface area contributed by atoms with Crippen molar-refractivity contribution in [1.29, 1.82) is 0 Å². The molecule has 0 spiro atoms. The summed E-state index contributed by atoms with van der Waals surface area (Å²) < 4.78 is 29.6. The SMILES string of the molecule is COC1CCC2CC3C4C(CC[NH+]3CC2C1OC)CC1OCOC1C4OC. The molecule has 5 aliphatic rings. The lowest BCUT2D eigenvalue weighted by molar-refractivity contribution is -0.948. The summed E-state index contributed by atoms with van der Waals surface area (Å²) in [4.78, 5) is 1.77. The fraction of sp³-hybridized carbons (Fsp3) is 1.00. The van der Waals surface area contributed by atoms with Crippen LogP contribution in [-0.4, -0.2) is 77.8 Å². The van der Waals surface area contributed by atoms with Crippen molar-refractivity contribution in [3.63, 3.8) is 0 Å². The van der Waals surface area contributed by atoms with E-state index in [-0.39, 0.29) is 30.5 Å². The zero-order valence-electron chi connectivity index (χ0n) is 17.0. The normalized spacial score (nSPS) is 54.6. The molecule has 0 bridgehead atoms. The van der Waals surface area contributed by atoms with E-state index in [2.05, 4.69) is 0 Å². The second kappa shape index (κ2) is 7.54. The van der Waals surface area contributed by atoms with Gasteiger partial charge in [0.25, 0.3) is 0 Å². The van der Waals surface area contributed by atoms with E-state index in [4.69, 9.17) is 23.7 Å². The molecule has 5 fully saturated rings. The molecule has 0 aromatic carbocycles. The summed E-state index contributed by atoms with van der Waals surface area (Å²) in [7, 11) is 5.58. The Morgan fingerprint density at radius 1 is 0.852 bits per heavy atom. The van der Waals surface area contributed by atoms with Crippen LogP contribution in [0.5, 0.6) is 0 Å². The van der Waals surface area contributed by atoms with Gasteiger partial charge in [-0.15, -0.1) is 0 Å². The Balaban J connectivity index is 1.38.